The van der Waals surface area contributed by atoms with E-state index in [0.29, 0.717) is 17.9 Å². The van der Waals surface area contributed by atoms with Gasteiger partial charge in [0.2, 0.25) is 5.91 Å². The maximum atomic E-state index is 12.7. The van der Waals surface area contributed by atoms with Crippen molar-refractivity contribution in [3.05, 3.63) is 59.7 Å². The number of fused-ring (bicyclic) bond motifs is 1. The molecule has 1 heterocycles. The Morgan fingerprint density at radius 1 is 1.04 bits per heavy atom. The number of amides is 2. The van der Waals surface area contributed by atoms with E-state index in [-0.39, 0.29) is 11.8 Å². The van der Waals surface area contributed by atoms with E-state index in [0.717, 1.165) is 36.4 Å². The monoisotopic (exact) mass is 396 g/mol. The van der Waals surface area contributed by atoms with Crippen LogP contribution in [-0.4, -0.2) is 30.7 Å². The number of anilines is 1. The standard InChI is InChI=1S/C23H28N2O2S/c1-2-3-4-9-15-24-23(27)19-11-6-8-13-21(19)28-17-22(26)25-16-14-18-10-5-7-12-20(18)25/h5-8,10-13H,2-4,9,14-17H2,1H3,(H,24,27). The number of nitrogens with one attached hydrogen (secondary N) is 1. The minimum Gasteiger partial charge on any atom is -0.352 e. The number of hydrogen-bond donors (Lipinski definition) is 1. The summed E-state index contributed by atoms with van der Waals surface area (Å²) in [5.74, 6) is 0.359. The maximum Gasteiger partial charge on any atom is 0.252 e. The van der Waals surface area contributed by atoms with Crippen LogP contribution in [0.3, 0.4) is 0 Å². The van der Waals surface area contributed by atoms with Gasteiger partial charge in [0.05, 0.1) is 11.3 Å². The molecule has 0 unspecified atom stereocenters. The molecule has 1 aliphatic heterocycles. The van der Waals surface area contributed by atoms with E-state index in [1.165, 1.54) is 30.2 Å². The van der Waals surface area contributed by atoms with Crippen molar-refractivity contribution >= 4 is 29.3 Å². The number of nitrogens with zero attached hydrogens (tertiary/aromatic N) is 1. The van der Waals surface area contributed by atoms with Gasteiger partial charge in [-0.15, -0.1) is 11.8 Å². The number of para-hydroxylation sites is 1. The molecule has 0 fully saturated rings. The molecule has 0 saturated carbocycles. The third kappa shape index (κ3) is 5.16. The summed E-state index contributed by atoms with van der Waals surface area (Å²) in [5.41, 5.74) is 2.90. The summed E-state index contributed by atoms with van der Waals surface area (Å²) in [6.07, 6.45) is 5.43. The minimum atomic E-state index is -0.0569. The van der Waals surface area contributed by atoms with Crippen LogP contribution in [0.15, 0.2) is 53.4 Å². The van der Waals surface area contributed by atoms with Gasteiger partial charge in [0.25, 0.3) is 5.91 Å². The van der Waals surface area contributed by atoms with Crippen LogP contribution in [-0.2, 0) is 11.2 Å². The molecule has 2 amide bonds. The van der Waals surface area contributed by atoms with Crippen molar-refractivity contribution in [3.63, 3.8) is 0 Å². The lowest BCUT2D eigenvalue weighted by Gasteiger charge is -2.17. The van der Waals surface area contributed by atoms with Gasteiger partial charge < -0.3 is 10.2 Å². The summed E-state index contributed by atoms with van der Waals surface area (Å²) in [5, 5.41) is 3.01. The second-order valence-electron chi connectivity index (χ2n) is 7.03. The summed E-state index contributed by atoms with van der Waals surface area (Å²) < 4.78 is 0. The molecule has 0 spiro atoms. The Kier molecular flexibility index (Phi) is 7.54. The van der Waals surface area contributed by atoms with E-state index < -0.39 is 0 Å². The molecule has 0 bridgehead atoms. The van der Waals surface area contributed by atoms with Crippen LogP contribution < -0.4 is 10.2 Å². The lowest BCUT2D eigenvalue weighted by Crippen LogP contribution is -2.30. The quantitative estimate of drug-likeness (QED) is 0.495. The zero-order chi connectivity index (χ0) is 19.8. The first-order valence-electron chi connectivity index (χ1n) is 10.1. The van der Waals surface area contributed by atoms with E-state index in [1.54, 1.807) is 0 Å². The van der Waals surface area contributed by atoms with Crippen molar-refractivity contribution in [2.75, 3.05) is 23.7 Å². The Morgan fingerprint density at radius 3 is 2.68 bits per heavy atom. The third-order valence-corrected chi connectivity index (χ3v) is 6.05. The average Bonchev–Trinajstić information content (AvgIpc) is 3.16. The maximum absolute atomic E-state index is 12.7. The van der Waals surface area contributed by atoms with Gasteiger partial charge in [-0.2, -0.15) is 0 Å². The van der Waals surface area contributed by atoms with Crippen molar-refractivity contribution in [3.8, 4) is 0 Å². The Morgan fingerprint density at radius 2 is 1.82 bits per heavy atom. The van der Waals surface area contributed by atoms with E-state index in [2.05, 4.69) is 18.3 Å². The van der Waals surface area contributed by atoms with Crippen LogP contribution in [0.2, 0.25) is 0 Å². The second kappa shape index (κ2) is 10.3. The average molecular weight is 397 g/mol. The highest BCUT2D eigenvalue weighted by atomic mass is 32.2. The zero-order valence-corrected chi connectivity index (χ0v) is 17.3. The molecule has 0 radical (unpaired) electrons. The van der Waals surface area contributed by atoms with Crippen molar-refractivity contribution in [1.82, 2.24) is 5.32 Å². The number of benzene rings is 2. The number of hydrogen-bond acceptors (Lipinski definition) is 3. The minimum absolute atomic E-state index is 0.0569. The van der Waals surface area contributed by atoms with Crippen LogP contribution in [0.1, 0.15) is 48.5 Å². The van der Waals surface area contributed by atoms with Gasteiger partial charge in [-0.05, 0) is 36.6 Å². The molecule has 1 aliphatic rings. The molecule has 0 aromatic heterocycles. The Bertz CT molecular complexity index is 822. The fourth-order valence-corrected chi connectivity index (χ4v) is 4.37. The SMILES string of the molecule is CCCCCCNC(=O)c1ccccc1SCC(=O)N1CCc2ccccc21. The first-order chi connectivity index (χ1) is 13.7. The summed E-state index contributed by atoms with van der Waals surface area (Å²) in [6, 6.07) is 15.6. The highest BCUT2D eigenvalue weighted by molar-refractivity contribution is 8.00. The van der Waals surface area contributed by atoms with Crippen LogP contribution in [0.5, 0.6) is 0 Å². The van der Waals surface area contributed by atoms with Gasteiger partial charge in [0.1, 0.15) is 0 Å². The van der Waals surface area contributed by atoms with Gasteiger partial charge >= 0.3 is 0 Å². The molecule has 1 N–H and O–H groups in total. The molecule has 148 valence electrons. The number of rotatable bonds is 9. The fraction of sp³-hybridized carbons (Fsp3) is 0.391. The molecule has 0 atom stereocenters. The van der Waals surface area contributed by atoms with Crippen molar-refractivity contribution in [1.29, 1.82) is 0 Å². The zero-order valence-electron chi connectivity index (χ0n) is 16.4. The van der Waals surface area contributed by atoms with Crippen LogP contribution in [0, 0.1) is 0 Å². The van der Waals surface area contributed by atoms with Gasteiger partial charge in [-0.3, -0.25) is 9.59 Å². The smallest absolute Gasteiger partial charge is 0.252 e. The molecule has 0 aliphatic carbocycles. The van der Waals surface area contributed by atoms with Gasteiger partial charge in [0, 0.05) is 23.7 Å². The second-order valence-corrected chi connectivity index (χ2v) is 8.04. The fourth-order valence-electron chi connectivity index (χ4n) is 3.44. The molecule has 28 heavy (non-hydrogen) atoms. The predicted molar refractivity (Wildman–Crippen MR) is 116 cm³/mol. The number of unbranched alkanes of at least 4 members (excludes halogenated alkanes) is 3. The first kappa shape index (κ1) is 20.5. The van der Waals surface area contributed by atoms with E-state index >= 15 is 0 Å². The van der Waals surface area contributed by atoms with Gasteiger partial charge in [-0.25, -0.2) is 0 Å². The highest BCUT2D eigenvalue weighted by Gasteiger charge is 2.24. The van der Waals surface area contributed by atoms with E-state index in [1.807, 2.05) is 47.4 Å². The van der Waals surface area contributed by atoms with Crippen molar-refractivity contribution in [2.45, 2.75) is 43.9 Å². The largest absolute Gasteiger partial charge is 0.352 e. The molecular formula is C23H28N2O2S. The summed E-state index contributed by atoms with van der Waals surface area (Å²) >= 11 is 1.44. The normalized spacial score (nSPS) is 12.7. The third-order valence-electron chi connectivity index (χ3n) is 4.99. The van der Waals surface area contributed by atoms with Crippen LogP contribution >= 0.6 is 11.8 Å². The lowest BCUT2D eigenvalue weighted by atomic mass is 10.2. The van der Waals surface area contributed by atoms with Crippen molar-refractivity contribution < 1.29 is 9.59 Å². The predicted octanol–water partition coefficient (Wildman–Crippen LogP) is 4.68. The Labute approximate surface area is 171 Å². The number of thioether (sulfide) groups is 1. The molecule has 2 aromatic rings. The van der Waals surface area contributed by atoms with Crippen LogP contribution in [0.4, 0.5) is 5.69 Å². The molecule has 4 nitrogen and oxygen atoms in total. The van der Waals surface area contributed by atoms with E-state index in [9.17, 15) is 9.59 Å². The molecule has 0 saturated heterocycles. The lowest BCUT2D eigenvalue weighted by molar-refractivity contribution is -0.116. The summed E-state index contributed by atoms with van der Waals surface area (Å²) in [6.45, 7) is 3.61. The Balaban J connectivity index is 1.56. The molecule has 2 aromatic carbocycles. The number of carbonyl (C=O) groups is 2. The van der Waals surface area contributed by atoms with E-state index in [4.69, 9.17) is 0 Å². The topological polar surface area (TPSA) is 49.4 Å². The van der Waals surface area contributed by atoms with Gasteiger partial charge in [-0.1, -0.05) is 56.5 Å². The molecule has 3 rings (SSSR count). The Hall–Kier alpha value is -2.27. The molecule has 5 heteroatoms. The summed E-state index contributed by atoms with van der Waals surface area (Å²) in [7, 11) is 0. The highest BCUT2D eigenvalue weighted by Crippen LogP contribution is 2.29. The van der Waals surface area contributed by atoms with Crippen LogP contribution in [0.25, 0.3) is 0 Å². The first-order valence-corrected chi connectivity index (χ1v) is 11.1. The number of carbonyl (C=O) groups excluding carboxylic acids is 2. The van der Waals surface area contributed by atoms with Crippen molar-refractivity contribution in [2.24, 2.45) is 0 Å². The summed E-state index contributed by atoms with van der Waals surface area (Å²) in [4.78, 5) is 28.0. The molecular weight excluding hydrogens is 368 g/mol. The van der Waals surface area contributed by atoms with Gasteiger partial charge in [0.15, 0.2) is 0 Å².